The Balaban J connectivity index is 2.33. The number of nitrogens with one attached hydrogen (secondary N) is 1. The van der Waals surface area contributed by atoms with E-state index in [2.05, 4.69) is 62.0 Å². The standard InChI is InChI=1S/C16H24N4S/c1-9-7-8-12(21-9)11(3)18-14-10(2)13(17)19-15(20-14)16(4,5)6/h7-8,11H,1-6H3,(H3,17,18,19,20). The lowest BCUT2D eigenvalue weighted by Gasteiger charge is -2.21. The number of nitrogens with two attached hydrogens (primary N) is 1. The fourth-order valence-electron chi connectivity index (χ4n) is 1.97. The maximum absolute atomic E-state index is 6.05. The average molecular weight is 304 g/mol. The molecule has 0 radical (unpaired) electrons. The Kier molecular flexibility index (Phi) is 4.23. The smallest absolute Gasteiger partial charge is 0.138 e. The molecule has 5 heteroatoms. The Bertz CT molecular complexity index is 640. The summed E-state index contributed by atoms with van der Waals surface area (Å²) in [7, 11) is 0. The van der Waals surface area contributed by atoms with Crippen LogP contribution in [0.2, 0.25) is 0 Å². The molecule has 2 heterocycles. The number of rotatable bonds is 3. The third-order valence-corrected chi connectivity index (χ3v) is 4.58. The highest BCUT2D eigenvalue weighted by molar-refractivity contribution is 7.12. The summed E-state index contributed by atoms with van der Waals surface area (Å²) in [5.74, 6) is 2.14. The first-order valence-electron chi connectivity index (χ1n) is 7.16. The van der Waals surface area contributed by atoms with Crippen LogP contribution < -0.4 is 11.1 Å². The van der Waals surface area contributed by atoms with Gasteiger partial charge in [-0.1, -0.05) is 20.8 Å². The van der Waals surface area contributed by atoms with E-state index in [9.17, 15) is 0 Å². The molecule has 0 amide bonds. The zero-order chi connectivity index (χ0) is 15.8. The third kappa shape index (κ3) is 3.53. The fraction of sp³-hybridized carbons (Fsp3) is 0.500. The number of thiophene rings is 1. The molecule has 0 saturated carbocycles. The highest BCUT2D eigenvalue weighted by Gasteiger charge is 2.21. The molecular weight excluding hydrogens is 280 g/mol. The molecule has 21 heavy (non-hydrogen) atoms. The maximum atomic E-state index is 6.05. The molecule has 0 aromatic carbocycles. The van der Waals surface area contributed by atoms with Crippen molar-refractivity contribution in [2.24, 2.45) is 0 Å². The molecule has 0 fully saturated rings. The minimum absolute atomic E-state index is 0.124. The van der Waals surface area contributed by atoms with Crippen molar-refractivity contribution in [2.75, 3.05) is 11.1 Å². The normalized spacial score (nSPS) is 13.2. The van der Waals surface area contributed by atoms with E-state index < -0.39 is 0 Å². The molecule has 2 rings (SSSR count). The molecule has 2 aromatic rings. The van der Waals surface area contributed by atoms with Gasteiger partial charge in [-0.3, -0.25) is 0 Å². The van der Waals surface area contributed by atoms with Crippen molar-refractivity contribution in [1.82, 2.24) is 9.97 Å². The number of nitrogen functional groups attached to an aromatic ring is 1. The van der Waals surface area contributed by atoms with E-state index in [-0.39, 0.29) is 11.5 Å². The van der Waals surface area contributed by atoms with Crippen LogP contribution in [0, 0.1) is 13.8 Å². The van der Waals surface area contributed by atoms with Gasteiger partial charge >= 0.3 is 0 Å². The van der Waals surface area contributed by atoms with Gasteiger partial charge in [0, 0.05) is 20.7 Å². The Hall–Kier alpha value is -1.62. The van der Waals surface area contributed by atoms with Gasteiger partial charge in [-0.25, -0.2) is 9.97 Å². The van der Waals surface area contributed by atoms with Gasteiger partial charge in [0.2, 0.25) is 0 Å². The van der Waals surface area contributed by atoms with Gasteiger partial charge in [0.25, 0.3) is 0 Å². The Morgan fingerprint density at radius 2 is 1.86 bits per heavy atom. The quantitative estimate of drug-likeness (QED) is 0.891. The number of hydrogen-bond donors (Lipinski definition) is 2. The molecule has 114 valence electrons. The largest absolute Gasteiger partial charge is 0.383 e. The first-order valence-corrected chi connectivity index (χ1v) is 7.97. The van der Waals surface area contributed by atoms with Gasteiger partial charge in [-0.05, 0) is 32.9 Å². The molecular formula is C16H24N4S. The number of nitrogens with zero attached hydrogens (tertiary/aromatic N) is 2. The molecule has 1 unspecified atom stereocenters. The van der Waals surface area contributed by atoms with Gasteiger partial charge in [-0.15, -0.1) is 11.3 Å². The first kappa shape index (κ1) is 15.8. The summed E-state index contributed by atoms with van der Waals surface area (Å²) in [6, 6.07) is 4.49. The molecule has 0 aliphatic carbocycles. The van der Waals surface area contributed by atoms with Crippen LogP contribution in [-0.4, -0.2) is 9.97 Å². The topological polar surface area (TPSA) is 63.8 Å². The van der Waals surface area contributed by atoms with Crippen molar-refractivity contribution in [3.05, 3.63) is 33.3 Å². The van der Waals surface area contributed by atoms with E-state index >= 15 is 0 Å². The highest BCUT2D eigenvalue weighted by Crippen LogP contribution is 2.29. The van der Waals surface area contributed by atoms with Crippen molar-refractivity contribution in [2.45, 2.75) is 53.0 Å². The predicted octanol–water partition coefficient (Wildman–Crippen LogP) is 4.21. The predicted molar refractivity (Wildman–Crippen MR) is 91.0 cm³/mol. The molecule has 0 aliphatic rings. The molecule has 0 spiro atoms. The molecule has 2 aromatic heterocycles. The summed E-state index contributed by atoms with van der Waals surface area (Å²) in [6.07, 6.45) is 0. The zero-order valence-electron chi connectivity index (χ0n) is 13.6. The zero-order valence-corrected chi connectivity index (χ0v) is 14.4. The van der Waals surface area contributed by atoms with Crippen molar-refractivity contribution in [3.8, 4) is 0 Å². The van der Waals surface area contributed by atoms with E-state index in [1.54, 1.807) is 11.3 Å². The highest BCUT2D eigenvalue weighted by atomic mass is 32.1. The van der Waals surface area contributed by atoms with Gasteiger partial charge in [-0.2, -0.15) is 0 Å². The third-order valence-electron chi connectivity index (χ3n) is 3.40. The summed E-state index contributed by atoms with van der Waals surface area (Å²) in [6.45, 7) is 12.5. The van der Waals surface area contributed by atoms with Crippen LogP contribution in [0.4, 0.5) is 11.6 Å². The monoisotopic (exact) mass is 304 g/mol. The second-order valence-corrected chi connectivity index (χ2v) is 7.79. The van der Waals surface area contributed by atoms with Crippen molar-refractivity contribution in [1.29, 1.82) is 0 Å². The van der Waals surface area contributed by atoms with Crippen LogP contribution in [0.1, 0.15) is 54.9 Å². The van der Waals surface area contributed by atoms with Gasteiger partial charge < -0.3 is 11.1 Å². The second kappa shape index (κ2) is 5.64. The van der Waals surface area contributed by atoms with E-state index in [1.807, 2.05) is 6.92 Å². The van der Waals surface area contributed by atoms with E-state index in [4.69, 9.17) is 5.73 Å². The van der Waals surface area contributed by atoms with Crippen LogP contribution in [0.15, 0.2) is 12.1 Å². The van der Waals surface area contributed by atoms with Crippen molar-refractivity contribution < 1.29 is 0 Å². The Labute approximate surface area is 130 Å². The molecule has 3 N–H and O–H groups in total. The average Bonchev–Trinajstić information content (AvgIpc) is 2.80. The van der Waals surface area contributed by atoms with Crippen molar-refractivity contribution >= 4 is 23.0 Å². The van der Waals surface area contributed by atoms with Crippen LogP contribution in [0.5, 0.6) is 0 Å². The van der Waals surface area contributed by atoms with E-state index in [0.29, 0.717) is 5.82 Å². The SMILES string of the molecule is Cc1ccc(C(C)Nc2nc(C(C)(C)C)nc(N)c2C)s1. The number of aromatic nitrogens is 2. The summed E-state index contributed by atoms with van der Waals surface area (Å²) in [5, 5.41) is 3.47. The van der Waals surface area contributed by atoms with Gasteiger partial charge in [0.05, 0.1) is 6.04 Å². The lowest BCUT2D eigenvalue weighted by Crippen LogP contribution is -2.20. The molecule has 4 nitrogen and oxygen atoms in total. The summed E-state index contributed by atoms with van der Waals surface area (Å²) >= 11 is 1.80. The van der Waals surface area contributed by atoms with Crippen molar-refractivity contribution in [3.63, 3.8) is 0 Å². The van der Waals surface area contributed by atoms with Crippen LogP contribution >= 0.6 is 11.3 Å². The molecule has 0 bridgehead atoms. The fourth-order valence-corrected chi connectivity index (χ4v) is 2.85. The molecule has 1 atom stereocenters. The Morgan fingerprint density at radius 1 is 1.19 bits per heavy atom. The van der Waals surface area contributed by atoms with Crippen LogP contribution in [0.25, 0.3) is 0 Å². The minimum atomic E-state index is -0.124. The van der Waals surface area contributed by atoms with Crippen LogP contribution in [-0.2, 0) is 5.41 Å². The van der Waals surface area contributed by atoms with E-state index in [0.717, 1.165) is 17.2 Å². The first-order chi connectivity index (χ1) is 9.68. The lowest BCUT2D eigenvalue weighted by atomic mass is 9.95. The van der Waals surface area contributed by atoms with E-state index in [1.165, 1.54) is 9.75 Å². The lowest BCUT2D eigenvalue weighted by molar-refractivity contribution is 0.546. The summed E-state index contributed by atoms with van der Waals surface area (Å²) in [5.41, 5.74) is 6.83. The number of hydrogen-bond acceptors (Lipinski definition) is 5. The minimum Gasteiger partial charge on any atom is -0.383 e. The number of aryl methyl sites for hydroxylation is 1. The summed E-state index contributed by atoms with van der Waals surface area (Å²) < 4.78 is 0. The van der Waals surface area contributed by atoms with Gasteiger partial charge in [0.1, 0.15) is 17.5 Å². The number of anilines is 2. The Morgan fingerprint density at radius 3 is 2.38 bits per heavy atom. The molecule has 0 saturated heterocycles. The second-order valence-electron chi connectivity index (χ2n) is 6.47. The van der Waals surface area contributed by atoms with Gasteiger partial charge in [0.15, 0.2) is 0 Å². The maximum Gasteiger partial charge on any atom is 0.138 e. The molecule has 0 aliphatic heterocycles. The van der Waals surface area contributed by atoms with Crippen LogP contribution in [0.3, 0.4) is 0 Å². The summed E-state index contributed by atoms with van der Waals surface area (Å²) in [4.78, 5) is 11.7.